The fourth-order valence-electron chi connectivity index (χ4n) is 4.12. The molecule has 0 saturated heterocycles. The van der Waals surface area contributed by atoms with Gasteiger partial charge in [-0.2, -0.15) is 0 Å². The van der Waals surface area contributed by atoms with Crippen LogP contribution in [0.4, 0.5) is 11.4 Å². The molecule has 12 nitrogen and oxygen atoms in total. The zero-order valence-electron chi connectivity index (χ0n) is 20.3. The predicted molar refractivity (Wildman–Crippen MR) is 138 cm³/mol. The molecule has 4 rings (SSSR count). The summed E-state index contributed by atoms with van der Waals surface area (Å²) < 4.78 is 34.7. The number of carbonyl (C=O) groups is 1. The number of amides is 1. The number of methoxy groups -OCH3 is 1. The first-order chi connectivity index (χ1) is 18.0. The van der Waals surface area contributed by atoms with Gasteiger partial charge >= 0.3 is 0 Å². The van der Waals surface area contributed by atoms with E-state index in [0.717, 1.165) is 35.3 Å². The van der Waals surface area contributed by atoms with Crippen molar-refractivity contribution < 1.29 is 27.8 Å². The summed E-state index contributed by atoms with van der Waals surface area (Å²) in [5.41, 5.74) is 1.89. The Morgan fingerprint density at radius 1 is 0.974 bits per heavy atom. The van der Waals surface area contributed by atoms with Gasteiger partial charge in [-0.1, -0.05) is 6.07 Å². The molecule has 13 heteroatoms. The molecule has 3 aromatic carbocycles. The minimum atomic E-state index is -4.33. The van der Waals surface area contributed by atoms with E-state index < -0.39 is 25.8 Å². The summed E-state index contributed by atoms with van der Waals surface area (Å²) >= 11 is 0. The maximum atomic E-state index is 13.0. The molecule has 0 spiro atoms. The van der Waals surface area contributed by atoms with Crippen LogP contribution < -0.4 is 9.46 Å². The number of nitro groups is 2. The first-order valence-corrected chi connectivity index (χ1v) is 12.8. The molecule has 4 aromatic rings. The second-order valence-electron chi connectivity index (χ2n) is 8.30. The third-order valence-electron chi connectivity index (χ3n) is 5.99. The molecule has 1 N–H and O–H groups in total. The van der Waals surface area contributed by atoms with Crippen molar-refractivity contribution in [1.29, 1.82) is 0 Å². The molecule has 1 heterocycles. The number of aromatic nitrogens is 1. The van der Waals surface area contributed by atoms with E-state index in [1.54, 1.807) is 12.1 Å². The molecular formula is C25H22N4O8S. The molecule has 0 aliphatic carbocycles. The number of fused-ring (bicyclic) bond motifs is 1. The second kappa shape index (κ2) is 10.3. The van der Waals surface area contributed by atoms with E-state index in [9.17, 15) is 33.4 Å². The van der Waals surface area contributed by atoms with E-state index in [1.807, 2.05) is 22.4 Å². The van der Waals surface area contributed by atoms with Crippen molar-refractivity contribution in [2.45, 2.75) is 24.8 Å². The van der Waals surface area contributed by atoms with Crippen molar-refractivity contribution in [2.75, 3.05) is 7.11 Å². The molecule has 0 saturated carbocycles. The SMILES string of the molecule is CCn1cc(Cc2ccc(OC)c(C(=O)NS(=O)(=O)c3ccc([N+](=O)[O-])cc3)c2)c2cc([N+](=O)[O-])ccc21. The zero-order chi connectivity index (χ0) is 27.6. The number of non-ortho nitro benzene ring substituents is 2. The van der Waals surface area contributed by atoms with Gasteiger partial charge in [0.2, 0.25) is 0 Å². The van der Waals surface area contributed by atoms with Crippen LogP contribution in [-0.2, 0) is 23.0 Å². The molecule has 38 heavy (non-hydrogen) atoms. The van der Waals surface area contributed by atoms with Crippen LogP contribution in [0.25, 0.3) is 10.9 Å². The lowest BCUT2D eigenvalue weighted by Gasteiger charge is -2.12. The summed E-state index contributed by atoms with van der Waals surface area (Å²) in [6, 6.07) is 13.5. The molecule has 0 bridgehead atoms. The van der Waals surface area contributed by atoms with Crippen LogP contribution in [0.15, 0.2) is 71.8 Å². The van der Waals surface area contributed by atoms with E-state index in [0.29, 0.717) is 23.9 Å². The van der Waals surface area contributed by atoms with E-state index in [1.165, 1.54) is 31.4 Å². The number of nitrogens with one attached hydrogen (secondary N) is 1. The smallest absolute Gasteiger partial charge is 0.270 e. The Kier molecular flexibility index (Phi) is 7.12. The molecule has 0 fully saturated rings. The molecular weight excluding hydrogens is 516 g/mol. The standard InChI is InChI=1S/C25H22N4O8S/c1-3-27-15-17(21-14-19(29(33)34)7-10-23(21)27)12-16-4-11-24(37-2)22(13-16)25(30)26-38(35,36)20-8-5-18(6-9-20)28(31)32/h4-11,13-15H,3,12H2,1-2H3,(H,26,30). The van der Waals surface area contributed by atoms with Gasteiger partial charge in [0.05, 0.1) is 27.4 Å². The third-order valence-corrected chi connectivity index (χ3v) is 7.33. The fraction of sp³-hybridized carbons (Fsp3) is 0.160. The van der Waals surface area contributed by atoms with Crippen molar-refractivity contribution in [3.05, 3.63) is 104 Å². The first kappa shape index (κ1) is 26.3. The minimum Gasteiger partial charge on any atom is -0.496 e. The summed E-state index contributed by atoms with van der Waals surface area (Å²) in [6.45, 7) is 2.59. The number of sulfonamides is 1. The summed E-state index contributed by atoms with van der Waals surface area (Å²) in [5, 5.41) is 22.8. The van der Waals surface area contributed by atoms with Gasteiger partial charge in [-0.15, -0.1) is 0 Å². The lowest BCUT2D eigenvalue weighted by Crippen LogP contribution is -2.31. The Balaban J connectivity index is 1.66. The largest absolute Gasteiger partial charge is 0.496 e. The highest BCUT2D eigenvalue weighted by Gasteiger charge is 2.23. The van der Waals surface area contributed by atoms with E-state index in [4.69, 9.17) is 4.74 Å². The molecule has 0 aliphatic rings. The fourth-order valence-corrected chi connectivity index (χ4v) is 5.09. The maximum Gasteiger partial charge on any atom is 0.270 e. The van der Waals surface area contributed by atoms with Crippen LogP contribution >= 0.6 is 0 Å². The number of hydrogen-bond acceptors (Lipinski definition) is 8. The van der Waals surface area contributed by atoms with E-state index in [2.05, 4.69) is 0 Å². The van der Waals surface area contributed by atoms with Crippen LogP contribution in [-0.4, -0.2) is 35.8 Å². The van der Waals surface area contributed by atoms with Gasteiger partial charge in [0.1, 0.15) is 5.75 Å². The number of ether oxygens (including phenoxy) is 1. The van der Waals surface area contributed by atoms with Gasteiger partial charge in [-0.25, -0.2) is 13.1 Å². The van der Waals surface area contributed by atoms with Gasteiger partial charge < -0.3 is 9.30 Å². The van der Waals surface area contributed by atoms with Gasteiger partial charge in [-0.05, 0) is 54.8 Å². The van der Waals surface area contributed by atoms with Gasteiger partial charge in [0.15, 0.2) is 0 Å². The quantitative estimate of drug-likeness (QED) is 0.245. The predicted octanol–water partition coefficient (Wildman–Crippen LogP) is 4.20. The normalized spacial score (nSPS) is 11.3. The Bertz CT molecular complexity index is 1680. The van der Waals surface area contributed by atoms with Crippen LogP contribution in [0.1, 0.15) is 28.4 Å². The van der Waals surface area contributed by atoms with E-state index in [-0.39, 0.29) is 27.6 Å². The molecule has 1 aromatic heterocycles. The Morgan fingerprint density at radius 3 is 2.24 bits per heavy atom. The number of rotatable bonds is 9. The van der Waals surface area contributed by atoms with Crippen LogP contribution in [0.3, 0.4) is 0 Å². The number of benzene rings is 3. The van der Waals surface area contributed by atoms with Gasteiger partial charge in [0.25, 0.3) is 27.3 Å². The molecule has 0 radical (unpaired) electrons. The Morgan fingerprint density at radius 2 is 1.63 bits per heavy atom. The summed E-state index contributed by atoms with van der Waals surface area (Å²) in [6.07, 6.45) is 2.20. The number of aryl methyl sites for hydroxylation is 1. The molecule has 196 valence electrons. The monoisotopic (exact) mass is 538 g/mol. The first-order valence-electron chi connectivity index (χ1n) is 11.3. The highest BCUT2D eigenvalue weighted by atomic mass is 32.2. The average Bonchev–Trinajstić information content (AvgIpc) is 3.25. The lowest BCUT2D eigenvalue weighted by molar-refractivity contribution is -0.385. The third kappa shape index (κ3) is 5.18. The molecule has 1 amide bonds. The van der Waals surface area contributed by atoms with Crippen molar-refractivity contribution in [1.82, 2.24) is 9.29 Å². The number of nitrogens with zero attached hydrogens (tertiary/aromatic N) is 3. The molecule has 0 aliphatic heterocycles. The zero-order valence-corrected chi connectivity index (χ0v) is 21.1. The highest BCUT2D eigenvalue weighted by Crippen LogP contribution is 2.29. The summed E-state index contributed by atoms with van der Waals surface area (Å²) in [4.78, 5) is 33.7. The average molecular weight is 539 g/mol. The van der Waals surface area contributed by atoms with Crippen LogP contribution in [0.2, 0.25) is 0 Å². The number of hydrogen-bond donors (Lipinski definition) is 1. The maximum absolute atomic E-state index is 13.0. The lowest BCUT2D eigenvalue weighted by atomic mass is 10.0. The Labute approximate surface area is 216 Å². The van der Waals surface area contributed by atoms with Crippen molar-refractivity contribution >= 4 is 38.2 Å². The van der Waals surface area contributed by atoms with Crippen molar-refractivity contribution in [3.8, 4) is 5.75 Å². The van der Waals surface area contributed by atoms with Crippen molar-refractivity contribution in [2.24, 2.45) is 0 Å². The van der Waals surface area contributed by atoms with Crippen LogP contribution in [0.5, 0.6) is 5.75 Å². The van der Waals surface area contributed by atoms with Gasteiger partial charge in [0, 0.05) is 47.9 Å². The topological polar surface area (TPSA) is 164 Å². The molecule has 0 atom stereocenters. The minimum absolute atomic E-state index is 0.0410. The number of carbonyl (C=O) groups excluding carboxylic acids is 1. The Hall–Kier alpha value is -4.78. The van der Waals surface area contributed by atoms with Gasteiger partial charge in [-0.3, -0.25) is 25.0 Å². The van der Waals surface area contributed by atoms with E-state index >= 15 is 0 Å². The number of nitro benzene ring substituents is 2. The second-order valence-corrected chi connectivity index (χ2v) is 9.98. The van der Waals surface area contributed by atoms with Crippen LogP contribution in [0, 0.1) is 20.2 Å². The summed E-state index contributed by atoms with van der Waals surface area (Å²) in [5.74, 6) is -0.814. The molecule has 0 unspecified atom stereocenters. The van der Waals surface area contributed by atoms with Crippen molar-refractivity contribution in [3.63, 3.8) is 0 Å². The summed E-state index contributed by atoms with van der Waals surface area (Å²) in [7, 11) is -3.00. The highest BCUT2D eigenvalue weighted by molar-refractivity contribution is 7.90.